The Kier molecular flexibility index (Phi) is 13.2. The highest BCUT2D eigenvalue weighted by Crippen LogP contribution is 2.36. The van der Waals surface area contributed by atoms with E-state index in [1.165, 1.54) is 12.8 Å². The lowest BCUT2D eigenvalue weighted by Crippen LogP contribution is -2.38. The number of methoxy groups -OCH3 is 2. The average Bonchev–Trinajstić information content (AvgIpc) is 4.08. The van der Waals surface area contributed by atoms with Crippen LogP contribution >= 0.6 is 0 Å². The van der Waals surface area contributed by atoms with Crippen molar-refractivity contribution in [2.75, 3.05) is 27.3 Å². The Balaban J connectivity index is 0.000000181. The number of primary amides is 1. The van der Waals surface area contributed by atoms with Gasteiger partial charge in [0, 0.05) is 19.0 Å². The number of nitrogens with zero attached hydrogens (tertiary/aromatic N) is 5. The largest absolute Gasteiger partial charge is 0.493 e. The van der Waals surface area contributed by atoms with Gasteiger partial charge in [0.15, 0.2) is 34.1 Å². The average molecular weight is 818 g/mol. The second-order valence-electron chi connectivity index (χ2n) is 15.8. The van der Waals surface area contributed by atoms with E-state index >= 15 is 0 Å². The highest BCUT2D eigenvalue weighted by atomic mass is 16.5. The van der Waals surface area contributed by atoms with E-state index in [1.54, 1.807) is 56.7 Å². The fourth-order valence-electron chi connectivity index (χ4n) is 8.08. The van der Waals surface area contributed by atoms with Crippen LogP contribution in [0.25, 0.3) is 11.2 Å². The monoisotopic (exact) mass is 817 g/mol. The minimum Gasteiger partial charge on any atom is -0.493 e. The summed E-state index contributed by atoms with van der Waals surface area (Å²) in [5.74, 6) is 1.62. The summed E-state index contributed by atoms with van der Waals surface area (Å²) in [5.41, 5.74) is 10.5. The minimum atomic E-state index is -0.857. The fraction of sp³-hybridized carbons (Fsp3) is 0.435. The highest BCUT2D eigenvalue weighted by Gasteiger charge is 2.38. The summed E-state index contributed by atoms with van der Waals surface area (Å²) in [4.78, 5) is 56.1. The number of amides is 3. The van der Waals surface area contributed by atoms with Gasteiger partial charge >= 0.3 is 0 Å². The molecule has 0 bridgehead atoms. The lowest BCUT2D eigenvalue weighted by molar-refractivity contribution is -0.119. The van der Waals surface area contributed by atoms with Crippen LogP contribution < -0.4 is 30.2 Å². The van der Waals surface area contributed by atoms with Crippen molar-refractivity contribution < 1.29 is 33.3 Å². The Bertz CT molecular complexity index is 2370. The lowest BCUT2D eigenvalue weighted by Gasteiger charge is -2.22. The van der Waals surface area contributed by atoms with Crippen LogP contribution in [0.15, 0.2) is 72.0 Å². The maximum absolute atomic E-state index is 12.7. The molecular formula is C46H55N7O7. The van der Waals surface area contributed by atoms with Crippen LogP contribution in [-0.2, 0) is 11.3 Å². The number of hydrogen-bond acceptors (Lipinski definition) is 10. The molecule has 3 amide bonds. The summed E-state index contributed by atoms with van der Waals surface area (Å²) in [5, 5.41) is 0. The summed E-state index contributed by atoms with van der Waals surface area (Å²) in [6.07, 6.45) is 11.1. The van der Waals surface area contributed by atoms with Gasteiger partial charge in [0.1, 0.15) is 11.3 Å². The van der Waals surface area contributed by atoms with Crippen molar-refractivity contribution in [3.05, 3.63) is 101 Å². The van der Waals surface area contributed by atoms with Crippen LogP contribution in [0, 0.1) is 0 Å². The van der Waals surface area contributed by atoms with Gasteiger partial charge in [0.05, 0.1) is 56.3 Å². The van der Waals surface area contributed by atoms with Gasteiger partial charge < -0.3 is 34.2 Å². The molecule has 2 saturated carbocycles. The molecule has 60 heavy (non-hydrogen) atoms. The zero-order chi connectivity index (χ0) is 42.3. The van der Waals surface area contributed by atoms with E-state index < -0.39 is 23.6 Å². The Hall–Kier alpha value is -6.18. The first kappa shape index (κ1) is 42.0. The van der Waals surface area contributed by atoms with E-state index in [1.807, 2.05) is 19.3 Å². The number of fused-ring (bicyclic) bond motifs is 2. The Morgan fingerprint density at radius 2 is 1.43 bits per heavy atom. The number of imidazole rings is 1. The zero-order valence-corrected chi connectivity index (χ0v) is 35.1. The van der Waals surface area contributed by atoms with Crippen LogP contribution in [0.2, 0.25) is 0 Å². The van der Waals surface area contributed by atoms with E-state index in [2.05, 4.69) is 45.5 Å². The van der Waals surface area contributed by atoms with Gasteiger partial charge in [-0.3, -0.25) is 24.3 Å². The molecule has 14 nitrogen and oxygen atoms in total. The van der Waals surface area contributed by atoms with Crippen molar-refractivity contribution in [3.8, 4) is 23.0 Å². The number of carbonyl (C=O) groups is 3. The Morgan fingerprint density at radius 1 is 0.850 bits per heavy atom. The quantitative estimate of drug-likeness (QED) is 0.111. The van der Waals surface area contributed by atoms with Gasteiger partial charge in [0.2, 0.25) is 5.91 Å². The Morgan fingerprint density at radius 3 is 1.98 bits per heavy atom. The molecule has 0 spiro atoms. The van der Waals surface area contributed by atoms with E-state index in [9.17, 15) is 14.4 Å². The SMILES string of the molecule is CCN=c1ncn(Cc2ccc(OC)c(OC3CCCC3)c2)c2nc(C(C)C)[nH]c12.COc1ccc(C(CN2C(=O)c3ccccc3C2=O)C(N)=O)cc1OC1CCCC1. The van der Waals surface area contributed by atoms with E-state index in [4.69, 9.17) is 29.7 Å². The molecule has 1 unspecified atom stereocenters. The first-order chi connectivity index (χ1) is 29.1. The molecule has 3 N–H and O–H groups in total. The number of carbonyl (C=O) groups excluding carboxylic acids is 3. The number of rotatable bonds is 14. The van der Waals surface area contributed by atoms with Crippen LogP contribution in [0.3, 0.4) is 0 Å². The first-order valence-corrected chi connectivity index (χ1v) is 21.0. The van der Waals surface area contributed by atoms with Crippen LogP contribution in [0.4, 0.5) is 0 Å². The molecule has 3 aliphatic rings. The smallest absolute Gasteiger partial charge is 0.261 e. The summed E-state index contributed by atoms with van der Waals surface area (Å²) >= 11 is 0. The second-order valence-corrected chi connectivity index (χ2v) is 15.8. The molecule has 5 aromatic rings. The molecular weight excluding hydrogens is 763 g/mol. The van der Waals surface area contributed by atoms with E-state index in [0.29, 0.717) is 52.7 Å². The van der Waals surface area contributed by atoms with E-state index in [-0.39, 0.29) is 18.8 Å². The zero-order valence-electron chi connectivity index (χ0n) is 35.1. The van der Waals surface area contributed by atoms with Crippen molar-refractivity contribution in [2.24, 2.45) is 10.7 Å². The maximum atomic E-state index is 12.7. The third-order valence-electron chi connectivity index (χ3n) is 11.3. The maximum Gasteiger partial charge on any atom is 0.261 e. The number of aromatic amines is 1. The number of nitrogens with two attached hydrogens (primary N) is 1. The number of nitrogens with one attached hydrogen (secondary N) is 1. The number of benzene rings is 3. The van der Waals surface area contributed by atoms with Crippen molar-refractivity contribution >= 4 is 28.9 Å². The normalized spacial score (nSPS) is 16.3. The summed E-state index contributed by atoms with van der Waals surface area (Å²) in [6, 6.07) is 17.9. The van der Waals surface area contributed by atoms with Gasteiger partial charge in [-0.1, -0.05) is 38.1 Å². The van der Waals surface area contributed by atoms with Gasteiger partial charge in [-0.05, 0) is 106 Å². The molecule has 1 aliphatic heterocycles. The van der Waals surface area contributed by atoms with Gasteiger partial charge in [0.25, 0.3) is 11.8 Å². The topological polar surface area (TPSA) is 176 Å². The number of imide groups is 1. The van der Waals surface area contributed by atoms with Crippen molar-refractivity contribution in [2.45, 2.75) is 103 Å². The number of hydrogen-bond donors (Lipinski definition) is 2. The molecule has 2 aromatic heterocycles. The van der Waals surface area contributed by atoms with Crippen molar-refractivity contribution in [1.29, 1.82) is 0 Å². The fourth-order valence-corrected chi connectivity index (χ4v) is 8.08. The molecule has 316 valence electrons. The summed E-state index contributed by atoms with van der Waals surface area (Å²) in [6.45, 7) is 7.46. The molecule has 3 heterocycles. The standard InChI is InChI=1S/C23H31N5O2.C23H24N2O5/c1-5-24-22-20-23(27-21(26-20)15(2)3)28(14-25-22)13-16-10-11-18(29-4)19(12-16)30-17-8-6-7-9-17;1-29-19-11-10-14(12-20(19)30-15-6-2-3-7-15)18(21(24)26)13-25-22(27)16-8-4-5-9-17(16)23(25)28/h10-12,14-15,17H,5-9,13H2,1-4H3,(H,26,27);4-5,8-12,15,18H,2-3,6-7,13H2,1H3,(H2,24,26). The summed E-state index contributed by atoms with van der Waals surface area (Å²) in [7, 11) is 3.24. The minimum absolute atomic E-state index is 0.109. The predicted molar refractivity (Wildman–Crippen MR) is 227 cm³/mol. The third-order valence-corrected chi connectivity index (χ3v) is 11.3. The van der Waals surface area contributed by atoms with Gasteiger partial charge in [-0.25, -0.2) is 9.97 Å². The van der Waals surface area contributed by atoms with Crippen LogP contribution in [0.5, 0.6) is 23.0 Å². The van der Waals surface area contributed by atoms with Crippen LogP contribution in [0.1, 0.15) is 122 Å². The van der Waals surface area contributed by atoms with Crippen molar-refractivity contribution in [3.63, 3.8) is 0 Å². The van der Waals surface area contributed by atoms with Gasteiger partial charge in [-0.15, -0.1) is 0 Å². The molecule has 1 atom stereocenters. The number of aromatic nitrogens is 4. The van der Waals surface area contributed by atoms with Gasteiger partial charge in [-0.2, -0.15) is 0 Å². The van der Waals surface area contributed by atoms with Crippen LogP contribution in [-0.4, -0.2) is 81.7 Å². The lowest BCUT2D eigenvalue weighted by atomic mass is 9.97. The molecule has 3 aromatic carbocycles. The molecule has 2 aliphatic carbocycles. The molecule has 2 fully saturated rings. The molecule has 8 rings (SSSR count). The first-order valence-electron chi connectivity index (χ1n) is 21.0. The number of ether oxygens (including phenoxy) is 4. The molecule has 0 saturated heterocycles. The third kappa shape index (κ3) is 9.17. The van der Waals surface area contributed by atoms with E-state index in [0.717, 1.165) is 77.5 Å². The highest BCUT2D eigenvalue weighted by molar-refractivity contribution is 6.21. The second kappa shape index (κ2) is 18.8. The summed E-state index contributed by atoms with van der Waals surface area (Å²) < 4.78 is 25.4. The predicted octanol–water partition coefficient (Wildman–Crippen LogP) is 7.06. The molecule has 0 radical (unpaired) electrons. The number of H-pyrrole nitrogens is 1. The van der Waals surface area contributed by atoms with Crippen molar-refractivity contribution in [1.82, 2.24) is 24.4 Å². The Labute approximate surface area is 350 Å². The molecule has 14 heteroatoms.